The SMILES string of the molecule is COc1ccc(C(=O)Oc2ccc(C(=N)N)cc2[N+](=O)[O-])cc1. The Morgan fingerprint density at radius 3 is 2.30 bits per heavy atom. The van der Waals surface area contributed by atoms with Crippen LogP contribution >= 0.6 is 0 Å². The molecule has 0 fully saturated rings. The zero-order valence-corrected chi connectivity index (χ0v) is 12.1. The van der Waals surface area contributed by atoms with Crippen molar-refractivity contribution in [3.05, 3.63) is 63.7 Å². The Kier molecular flexibility index (Phi) is 4.55. The number of nitrogens with zero attached hydrogens (tertiary/aromatic N) is 1. The number of benzene rings is 2. The van der Waals surface area contributed by atoms with Crippen LogP contribution in [0.5, 0.6) is 11.5 Å². The lowest BCUT2D eigenvalue weighted by Gasteiger charge is -2.07. The Hall–Kier alpha value is -3.42. The molecule has 0 aromatic heterocycles. The molecule has 0 saturated heterocycles. The van der Waals surface area contributed by atoms with E-state index >= 15 is 0 Å². The van der Waals surface area contributed by atoms with Crippen molar-refractivity contribution >= 4 is 17.5 Å². The summed E-state index contributed by atoms with van der Waals surface area (Å²) in [6, 6.07) is 9.79. The van der Waals surface area contributed by atoms with Gasteiger partial charge in [0.25, 0.3) is 0 Å². The average molecular weight is 315 g/mol. The van der Waals surface area contributed by atoms with E-state index in [-0.39, 0.29) is 22.7 Å². The summed E-state index contributed by atoms with van der Waals surface area (Å²) in [5.74, 6) is -0.716. The number of methoxy groups -OCH3 is 1. The van der Waals surface area contributed by atoms with Gasteiger partial charge in [-0.1, -0.05) is 0 Å². The molecule has 0 atom stereocenters. The van der Waals surface area contributed by atoms with Crippen molar-refractivity contribution in [2.45, 2.75) is 0 Å². The molecule has 23 heavy (non-hydrogen) atoms. The Labute approximate surface area is 131 Å². The molecule has 2 aromatic rings. The van der Waals surface area contributed by atoms with Crippen LogP contribution in [-0.4, -0.2) is 23.8 Å². The van der Waals surface area contributed by atoms with Crippen LogP contribution in [0, 0.1) is 15.5 Å². The first kappa shape index (κ1) is 16.0. The summed E-state index contributed by atoms with van der Waals surface area (Å²) < 4.78 is 10.0. The number of nitro groups is 1. The standard InChI is InChI=1S/C15H13N3O5/c1-22-11-5-2-9(3-6-11)15(19)23-13-7-4-10(14(16)17)8-12(13)18(20)21/h2-8H,1H3,(H3,16,17). The molecule has 0 saturated carbocycles. The third kappa shape index (κ3) is 3.62. The van der Waals surface area contributed by atoms with E-state index in [1.54, 1.807) is 12.1 Å². The van der Waals surface area contributed by atoms with Crippen molar-refractivity contribution in [2.75, 3.05) is 7.11 Å². The van der Waals surface area contributed by atoms with Crippen molar-refractivity contribution in [3.63, 3.8) is 0 Å². The molecular formula is C15H13N3O5. The van der Waals surface area contributed by atoms with Crippen molar-refractivity contribution in [2.24, 2.45) is 5.73 Å². The van der Waals surface area contributed by atoms with E-state index in [0.717, 1.165) is 6.07 Å². The number of nitrogens with one attached hydrogen (secondary N) is 1. The molecule has 0 radical (unpaired) electrons. The number of hydrogen-bond acceptors (Lipinski definition) is 6. The van der Waals surface area contributed by atoms with Gasteiger partial charge in [0.15, 0.2) is 0 Å². The molecular weight excluding hydrogens is 302 g/mol. The second kappa shape index (κ2) is 6.56. The van der Waals surface area contributed by atoms with Crippen LogP contribution < -0.4 is 15.2 Å². The first-order valence-electron chi connectivity index (χ1n) is 6.41. The van der Waals surface area contributed by atoms with Crippen molar-refractivity contribution < 1.29 is 19.2 Å². The molecule has 0 unspecified atom stereocenters. The summed E-state index contributed by atoms with van der Waals surface area (Å²) >= 11 is 0. The predicted octanol–water partition coefficient (Wildman–Crippen LogP) is 2.11. The van der Waals surface area contributed by atoms with E-state index < -0.39 is 16.6 Å². The molecule has 0 heterocycles. The number of ether oxygens (including phenoxy) is 2. The van der Waals surface area contributed by atoms with Gasteiger partial charge < -0.3 is 15.2 Å². The number of esters is 1. The molecule has 8 heteroatoms. The molecule has 0 amide bonds. The Morgan fingerprint density at radius 1 is 1.17 bits per heavy atom. The maximum absolute atomic E-state index is 12.1. The summed E-state index contributed by atoms with van der Waals surface area (Å²) in [5.41, 5.74) is 5.23. The molecule has 3 N–H and O–H groups in total. The van der Waals surface area contributed by atoms with Gasteiger partial charge in [-0.2, -0.15) is 0 Å². The van der Waals surface area contributed by atoms with E-state index in [1.807, 2.05) is 0 Å². The second-order valence-electron chi connectivity index (χ2n) is 4.47. The van der Waals surface area contributed by atoms with Gasteiger partial charge in [0.2, 0.25) is 5.75 Å². The number of amidine groups is 1. The van der Waals surface area contributed by atoms with Gasteiger partial charge >= 0.3 is 11.7 Å². The van der Waals surface area contributed by atoms with E-state index in [2.05, 4.69) is 0 Å². The number of nitro benzene ring substituents is 1. The van der Waals surface area contributed by atoms with Crippen LogP contribution in [-0.2, 0) is 0 Å². The maximum atomic E-state index is 12.1. The fraction of sp³-hybridized carbons (Fsp3) is 0.0667. The molecule has 0 aliphatic rings. The van der Waals surface area contributed by atoms with Gasteiger partial charge in [-0.15, -0.1) is 0 Å². The van der Waals surface area contributed by atoms with Crippen molar-refractivity contribution in [3.8, 4) is 11.5 Å². The van der Waals surface area contributed by atoms with Crippen LogP contribution in [0.3, 0.4) is 0 Å². The van der Waals surface area contributed by atoms with Crippen LogP contribution in [0.4, 0.5) is 5.69 Å². The lowest BCUT2D eigenvalue weighted by molar-refractivity contribution is -0.385. The molecule has 2 aromatic carbocycles. The Balaban J connectivity index is 2.29. The summed E-state index contributed by atoms with van der Waals surface area (Å²) in [6.07, 6.45) is 0. The third-order valence-electron chi connectivity index (χ3n) is 3.00. The highest BCUT2D eigenvalue weighted by molar-refractivity contribution is 5.96. The van der Waals surface area contributed by atoms with E-state index in [1.165, 1.54) is 31.4 Å². The first-order chi connectivity index (χ1) is 10.9. The van der Waals surface area contributed by atoms with Crippen LogP contribution in [0.25, 0.3) is 0 Å². The first-order valence-corrected chi connectivity index (χ1v) is 6.41. The second-order valence-corrected chi connectivity index (χ2v) is 4.47. The van der Waals surface area contributed by atoms with E-state index in [9.17, 15) is 14.9 Å². The zero-order chi connectivity index (χ0) is 17.0. The highest BCUT2D eigenvalue weighted by atomic mass is 16.6. The molecule has 8 nitrogen and oxygen atoms in total. The van der Waals surface area contributed by atoms with Gasteiger partial charge in [0.1, 0.15) is 11.6 Å². The molecule has 118 valence electrons. The maximum Gasteiger partial charge on any atom is 0.343 e. The highest BCUT2D eigenvalue weighted by Crippen LogP contribution is 2.28. The Morgan fingerprint density at radius 2 is 1.78 bits per heavy atom. The lowest BCUT2D eigenvalue weighted by Crippen LogP contribution is -2.13. The number of carbonyl (C=O) groups is 1. The van der Waals surface area contributed by atoms with Crippen molar-refractivity contribution in [1.29, 1.82) is 5.41 Å². The number of carbonyl (C=O) groups excluding carboxylic acids is 1. The van der Waals surface area contributed by atoms with Crippen LogP contribution in [0.1, 0.15) is 15.9 Å². The quantitative estimate of drug-likeness (QED) is 0.217. The normalized spacial score (nSPS) is 9.96. The number of nitrogen functional groups attached to an aromatic ring is 1. The minimum Gasteiger partial charge on any atom is -0.497 e. The topological polar surface area (TPSA) is 129 Å². The van der Waals surface area contributed by atoms with Crippen LogP contribution in [0.2, 0.25) is 0 Å². The molecule has 2 rings (SSSR count). The number of hydrogen-bond donors (Lipinski definition) is 2. The van der Waals surface area contributed by atoms with E-state index in [4.69, 9.17) is 20.6 Å². The minimum atomic E-state index is -0.744. The Bertz CT molecular complexity index is 771. The molecule has 0 spiro atoms. The third-order valence-corrected chi connectivity index (χ3v) is 3.00. The smallest absolute Gasteiger partial charge is 0.343 e. The zero-order valence-electron chi connectivity index (χ0n) is 12.1. The summed E-state index contributed by atoms with van der Waals surface area (Å²) in [5, 5.41) is 18.4. The monoisotopic (exact) mass is 315 g/mol. The summed E-state index contributed by atoms with van der Waals surface area (Å²) in [7, 11) is 1.49. The van der Waals surface area contributed by atoms with Gasteiger partial charge in [-0.3, -0.25) is 15.5 Å². The fourth-order valence-electron chi connectivity index (χ4n) is 1.80. The highest BCUT2D eigenvalue weighted by Gasteiger charge is 2.20. The van der Waals surface area contributed by atoms with Crippen molar-refractivity contribution in [1.82, 2.24) is 0 Å². The summed E-state index contributed by atoms with van der Waals surface area (Å²) in [6.45, 7) is 0. The van der Waals surface area contributed by atoms with E-state index in [0.29, 0.717) is 5.75 Å². The largest absolute Gasteiger partial charge is 0.497 e. The number of rotatable bonds is 5. The molecule has 0 aliphatic carbocycles. The fourth-order valence-corrected chi connectivity index (χ4v) is 1.80. The summed E-state index contributed by atoms with van der Waals surface area (Å²) in [4.78, 5) is 22.4. The average Bonchev–Trinajstić information content (AvgIpc) is 2.54. The minimum absolute atomic E-state index is 0.168. The number of nitrogens with two attached hydrogens (primary N) is 1. The lowest BCUT2D eigenvalue weighted by atomic mass is 10.1. The van der Waals surface area contributed by atoms with Gasteiger partial charge in [0.05, 0.1) is 17.6 Å². The molecule has 0 aliphatic heterocycles. The molecule has 0 bridgehead atoms. The van der Waals surface area contributed by atoms with Crippen LogP contribution in [0.15, 0.2) is 42.5 Å². The van der Waals surface area contributed by atoms with Gasteiger partial charge in [-0.05, 0) is 36.4 Å². The predicted molar refractivity (Wildman–Crippen MR) is 82.1 cm³/mol. The van der Waals surface area contributed by atoms with Gasteiger partial charge in [0, 0.05) is 11.6 Å². The van der Waals surface area contributed by atoms with Gasteiger partial charge in [-0.25, -0.2) is 4.79 Å².